The molecule has 0 aliphatic heterocycles. The van der Waals surface area contributed by atoms with Gasteiger partial charge in [0, 0.05) is 24.4 Å². The normalized spacial score (nSPS) is 12.5. The molecule has 21 heavy (non-hydrogen) atoms. The average Bonchev–Trinajstić information content (AvgIpc) is 2.44. The van der Waals surface area contributed by atoms with Gasteiger partial charge in [-0.2, -0.15) is 0 Å². The molecule has 1 atom stereocenters. The van der Waals surface area contributed by atoms with Crippen LogP contribution < -0.4 is 5.32 Å². The Labute approximate surface area is 131 Å². The van der Waals surface area contributed by atoms with E-state index in [9.17, 15) is 4.79 Å². The van der Waals surface area contributed by atoms with Gasteiger partial charge in [0.2, 0.25) is 0 Å². The monoisotopic (exact) mass is 312 g/mol. The second kappa shape index (κ2) is 9.00. The summed E-state index contributed by atoms with van der Waals surface area (Å²) in [5.41, 5.74) is 1.35. The second-order valence-electron chi connectivity index (χ2n) is 5.64. The van der Waals surface area contributed by atoms with Gasteiger partial charge in [0.1, 0.15) is 5.15 Å². The highest BCUT2D eigenvalue weighted by Gasteiger charge is 2.13. The minimum atomic E-state index is -0.139. The largest absolute Gasteiger partial charge is 0.396 e. The Morgan fingerprint density at radius 1 is 1.38 bits per heavy atom. The summed E-state index contributed by atoms with van der Waals surface area (Å²) >= 11 is 5.98. The highest BCUT2D eigenvalue weighted by Crippen LogP contribution is 2.18. The van der Waals surface area contributed by atoms with Crippen molar-refractivity contribution in [1.29, 1.82) is 0 Å². The molecule has 2 N–H and O–H groups in total. The first-order valence-corrected chi connectivity index (χ1v) is 7.92. The van der Waals surface area contributed by atoms with Crippen molar-refractivity contribution in [3.63, 3.8) is 0 Å². The Kier molecular flexibility index (Phi) is 7.68. The van der Waals surface area contributed by atoms with Crippen molar-refractivity contribution in [3.8, 4) is 0 Å². The third kappa shape index (κ3) is 6.02. The fraction of sp³-hybridized carbons (Fsp3) is 0.625. The molecule has 1 heterocycles. The molecule has 0 saturated heterocycles. The lowest BCUT2D eigenvalue weighted by molar-refractivity contribution is 0.0942. The summed E-state index contributed by atoms with van der Waals surface area (Å²) in [4.78, 5) is 16.4. The van der Waals surface area contributed by atoms with Crippen molar-refractivity contribution in [2.75, 3.05) is 13.2 Å². The number of aliphatic hydroxyl groups is 1. The van der Waals surface area contributed by atoms with Crippen LogP contribution in [0, 0.1) is 5.92 Å². The molecule has 5 heteroatoms. The van der Waals surface area contributed by atoms with Crippen LogP contribution in [0.1, 0.15) is 62.0 Å². The van der Waals surface area contributed by atoms with E-state index in [0.29, 0.717) is 29.6 Å². The Morgan fingerprint density at radius 3 is 2.67 bits per heavy atom. The molecule has 0 radical (unpaired) electrons. The van der Waals surface area contributed by atoms with E-state index in [2.05, 4.69) is 17.2 Å². The molecular weight excluding hydrogens is 288 g/mol. The highest BCUT2D eigenvalue weighted by molar-refractivity contribution is 6.29. The zero-order valence-corrected chi connectivity index (χ0v) is 13.8. The summed E-state index contributed by atoms with van der Waals surface area (Å²) in [7, 11) is 0. The van der Waals surface area contributed by atoms with Gasteiger partial charge in [-0.05, 0) is 36.8 Å². The molecule has 0 saturated carbocycles. The van der Waals surface area contributed by atoms with Gasteiger partial charge in [0.15, 0.2) is 0 Å². The zero-order valence-electron chi connectivity index (χ0n) is 13.0. The maximum absolute atomic E-state index is 12.2. The number of hydrogen-bond donors (Lipinski definition) is 2. The Morgan fingerprint density at radius 2 is 2.10 bits per heavy atom. The van der Waals surface area contributed by atoms with Gasteiger partial charge in [-0.1, -0.05) is 38.8 Å². The maximum Gasteiger partial charge on any atom is 0.251 e. The van der Waals surface area contributed by atoms with E-state index < -0.39 is 0 Å². The second-order valence-corrected chi connectivity index (χ2v) is 6.02. The first kappa shape index (κ1) is 17.9. The van der Waals surface area contributed by atoms with E-state index in [0.717, 1.165) is 18.5 Å². The summed E-state index contributed by atoms with van der Waals surface area (Å²) in [5, 5.41) is 12.3. The van der Waals surface area contributed by atoms with Crippen molar-refractivity contribution >= 4 is 17.5 Å². The topological polar surface area (TPSA) is 62.2 Å². The van der Waals surface area contributed by atoms with Crippen LogP contribution in [0.2, 0.25) is 5.15 Å². The Bertz CT molecular complexity index is 458. The van der Waals surface area contributed by atoms with Gasteiger partial charge in [0.25, 0.3) is 5.91 Å². The predicted molar refractivity (Wildman–Crippen MR) is 85.8 cm³/mol. The van der Waals surface area contributed by atoms with E-state index >= 15 is 0 Å². The molecule has 0 spiro atoms. The van der Waals surface area contributed by atoms with Gasteiger partial charge in [0.05, 0.1) is 0 Å². The number of hydrogen-bond acceptors (Lipinski definition) is 3. The van der Waals surface area contributed by atoms with Crippen LogP contribution in [0.25, 0.3) is 0 Å². The number of rotatable bonds is 8. The van der Waals surface area contributed by atoms with Crippen LogP contribution in [0.15, 0.2) is 12.1 Å². The minimum Gasteiger partial charge on any atom is -0.396 e. The van der Waals surface area contributed by atoms with Gasteiger partial charge in [-0.25, -0.2) is 4.98 Å². The number of pyridine rings is 1. The van der Waals surface area contributed by atoms with Crippen molar-refractivity contribution in [2.24, 2.45) is 5.92 Å². The Hall–Kier alpha value is -1.13. The number of amides is 1. The van der Waals surface area contributed by atoms with Gasteiger partial charge in [-0.15, -0.1) is 0 Å². The van der Waals surface area contributed by atoms with E-state index in [1.165, 1.54) is 0 Å². The maximum atomic E-state index is 12.2. The molecule has 1 aromatic rings. The highest BCUT2D eigenvalue weighted by atomic mass is 35.5. The third-order valence-corrected chi connectivity index (χ3v) is 3.65. The zero-order chi connectivity index (χ0) is 15.8. The van der Waals surface area contributed by atoms with Crippen LogP contribution in [-0.4, -0.2) is 29.1 Å². The third-order valence-electron chi connectivity index (χ3n) is 3.45. The number of nitrogens with one attached hydrogen (secondary N) is 1. The first-order valence-electron chi connectivity index (χ1n) is 7.54. The Balaban J connectivity index is 2.70. The van der Waals surface area contributed by atoms with Gasteiger partial charge < -0.3 is 10.4 Å². The van der Waals surface area contributed by atoms with Crippen LogP contribution in [0.4, 0.5) is 0 Å². The molecule has 1 rings (SSSR count). The number of nitrogens with zero attached hydrogens (tertiary/aromatic N) is 1. The fourth-order valence-corrected chi connectivity index (χ4v) is 2.44. The van der Waals surface area contributed by atoms with Gasteiger partial charge >= 0.3 is 0 Å². The SMILES string of the molecule is CCCC(CCO)CNC(=O)c1cc(Cl)nc(C(C)C)c1. The molecule has 1 unspecified atom stereocenters. The van der Waals surface area contributed by atoms with E-state index in [-0.39, 0.29) is 18.4 Å². The van der Waals surface area contributed by atoms with E-state index in [4.69, 9.17) is 16.7 Å². The van der Waals surface area contributed by atoms with Gasteiger partial charge in [-0.3, -0.25) is 4.79 Å². The van der Waals surface area contributed by atoms with E-state index in [1.807, 2.05) is 13.8 Å². The van der Waals surface area contributed by atoms with Crippen molar-refractivity contribution < 1.29 is 9.90 Å². The number of carbonyl (C=O) groups excluding carboxylic acids is 1. The van der Waals surface area contributed by atoms with Crippen LogP contribution in [-0.2, 0) is 0 Å². The van der Waals surface area contributed by atoms with E-state index in [1.54, 1.807) is 12.1 Å². The van der Waals surface area contributed by atoms with Crippen LogP contribution in [0.5, 0.6) is 0 Å². The average molecular weight is 313 g/mol. The van der Waals surface area contributed by atoms with Crippen molar-refractivity contribution in [1.82, 2.24) is 10.3 Å². The summed E-state index contributed by atoms with van der Waals surface area (Å²) < 4.78 is 0. The first-order chi connectivity index (χ1) is 9.97. The van der Waals surface area contributed by atoms with Crippen molar-refractivity contribution in [2.45, 2.75) is 46.0 Å². The lowest BCUT2D eigenvalue weighted by Crippen LogP contribution is -2.30. The summed E-state index contributed by atoms with van der Waals surface area (Å²) in [6.45, 7) is 6.85. The molecule has 118 valence electrons. The molecular formula is C16H25ClN2O2. The standard InChI is InChI=1S/C16H25ClN2O2/c1-4-5-12(6-7-20)10-18-16(21)13-8-14(11(2)3)19-15(17)9-13/h8-9,11-12,20H,4-7,10H2,1-3H3,(H,18,21). The van der Waals surface area contributed by atoms with Crippen molar-refractivity contribution in [3.05, 3.63) is 28.5 Å². The molecule has 4 nitrogen and oxygen atoms in total. The molecule has 0 aliphatic carbocycles. The number of carbonyl (C=O) groups is 1. The summed E-state index contributed by atoms with van der Waals surface area (Å²) in [5.74, 6) is 0.392. The smallest absolute Gasteiger partial charge is 0.251 e. The molecule has 0 bridgehead atoms. The van der Waals surface area contributed by atoms with Crippen LogP contribution >= 0.6 is 11.6 Å². The molecule has 1 amide bonds. The summed E-state index contributed by atoms with van der Waals surface area (Å²) in [6, 6.07) is 3.37. The molecule has 0 fully saturated rings. The number of aliphatic hydroxyl groups excluding tert-OH is 1. The minimum absolute atomic E-state index is 0.139. The number of aromatic nitrogens is 1. The quantitative estimate of drug-likeness (QED) is 0.723. The number of halogens is 1. The molecule has 0 aliphatic rings. The summed E-state index contributed by atoms with van der Waals surface area (Å²) in [6.07, 6.45) is 2.75. The predicted octanol–water partition coefficient (Wildman–Crippen LogP) is 3.39. The lowest BCUT2D eigenvalue weighted by atomic mass is 10.00. The molecule has 0 aromatic carbocycles. The lowest BCUT2D eigenvalue weighted by Gasteiger charge is -2.16. The van der Waals surface area contributed by atoms with Crippen LogP contribution in [0.3, 0.4) is 0 Å². The molecule has 1 aromatic heterocycles. The fourth-order valence-electron chi connectivity index (χ4n) is 2.22.